The van der Waals surface area contributed by atoms with E-state index in [-0.39, 0.29) is 5.75 Å². The first-order chi connectivity index (χ1) is 12.1. The number of hydrogen-bond acceptors (Lipinski definition) is 4. The van der Waals surface area contributed by atoms with Crippen LogP contribution in [0.25, 0.3) is 17.1 Å². The number of imidazole rings is 1. The molecule has 1 aromatic carbocycles. The van der Waals surface area contributed by atoms with Crippen molar-refractivity contribution in [3.63, 3.8) is 0 Å². The fraction of sp³-hybridized carbons (Fsp3) is 0. The Bertz CT molecular complexity index is 1090. The Morgan fingerprint density at radius 3 is 2.84 bits per heavy atom. The average Bonchev–Trinajstić information content (AvgIpc) is 3.24. The lowest BCUT2D eigenvalue weighted by Crippen LogP contribution is -1.87. The van der Waals surface area contributed by atoms with E-state index in [2.05, 4.69) is 41.8 Å². The van der Waals surface area contributed by atoms with Gasteiger partial charge in [-0.3, -0.25) is 4.40 Å². The van der Waals surface area contributed by atoms with Crippen LogP contribution in [0.4, 0.5) is 5.82 Å². The summed E-state index contributed by atoms with van der Waals surface area (Å²) >= 11 is 6.74. The molecule has 0 atom stereocenters. The molecule has 0 aliphatic heterocycles. The molecule has 4 aromatic rings. The lowest BCUT2D eigenvalue weighted by atomic mass is 10.2. The van der Waals surface area contributed by atoms with Crippen LogP contribution >= 0.6 is 31.9 Å². The van der Waals surface area contributed by atoms with Crippen LogP contribution in [-0.2, 0) is 0 Å². The highest BCUT2D eigenvalue weighted by Gasteiger charge is 2.15. The van der Waals surface area contributed by atoms with Crippen molar-refractivity contribution in [2.24, 2.45) is 4.99 Å². The molecule has 0 radical (unpaired) electrons. The minimum absolute atomic E-state index is 0.125. The summed E-state index contributed by atoms with van der Waals surface area (Å²) in [5.41, 5.74) is 1.99. The van der Waals surface area contributed by atoms with Gasteiger partial charge in [0.2, 0.25) is 0 Å². The molecule has 0 spiro atoms. The van der Waals surface area contributed by atoms with Gasteiger partial charge in [0.15, 0.2) is 17.3 Å². The minimum atomic E-state index is 0.125. The molecule has 0 bridgehead atoms. The van der Waals surface area contributed by atoms with E-state index in [9.17, 15) is 5.11 Å². The molecule has 0 aliphatic carbocycles. The van der Waals surface area contributed by atoms with E-state index in [1.54, 1.807) is 24.6 Å². The Morgan fingerprint density at radius 2 is 2.04 bits per heavy atom. The third kappa shape index (κ3) is 3.01. The van der Waals surface area contributed by atoms with Gasteiger partial charge in [0.1, 0.15) is 11.4 Å². The van der Waals surface area contributed by atoms with Crippen molar-refractivity contribution in [2.45, 2.75) is 0 Å². The van der Waals surface area contributed by atoms with Crippen molar-refractivity contribution in [3.05, 3.63) is 69.4 Å². The molecule has 5 nitrogen and oxygen atoms in total. The fourth-order valence-electron chi connectivity index (χ4n) is 2.50. The van der Waals surface area contributed by atoms with Crippen molar-refractivity contribution in [1.82, 2.24) is 9.38 Å². The van der Waals surface area contributed by atoms with Gasteiger partial charge in [0, 0.05) is 22.4 Å². The van der Waals surface area contributed by atoms with Crippen LogP contribution in [0.1, 0.15) is 5.56 Å². The van der Waals surface area contributed by atoms with Crippen LogP contribution in [0.3, 0.4) is 0 Å². The fourth-order valence-corrected chi connectivity index (χ4v) is 3.76. The number of hydrogen-bond donors (Lipinski definition) is 1. The van der Waals surface area contributed by atoms with Crippen molar-refractivity contribution in [2.75, 3.05) is 0 Å². The van der Waals surface area contributed by atoms with E-state index >= 15 is 0 Å². The van der Waals surface area contributed by atoms with Crippen molar-refractivity contribution in [1.29, 1.82) is 0 Å². The number of halogens is 2. The number of furan rings is 1. The predicted molar refractivity (Wildman–Crippen MR) is 104 cm³/mol. The third-order valence-electron chi connectivity index (χ3n) is 3.64. The number of fused-ring (bicyclic) bond motifs is 1. The maximum atomic E-state index is 10.2. The summed E-state index contributed by atoms with van der Waals surface area (Å²) in [6, 6.07) is 12.9. The van der Waals surface area contributed by atoms with Gasteiger partial charge in [0.25, 0.3) is 0 Å². The van der Waals surface area contributed by atoms with Gasteiger partial charge in [-0.15, -0.1) is 0 Å². The number of aromatic hydroxyl groups is 1. The number of rotatable bonds is 3. The maximum absolute atomic E-state index is 10.2. The van der Waals surface area contributed by atoms with Crippen LogP contribution in [0.15, 0.2) is 73.3 Å². The first-order valence-electron chi connectivity index (χ1n) is 7.36. The van der Waals surface area contributed by atoms with E-state index in [0.29, 0.717) is 27.3 Å². The highest BCUT2D eigenvalue weighted by atomic mass is 79.9. The standard InChI is InChI=1S/C18H11Br2N3O2/c19-12-8-11(17(24)13(20)9-12)10-21-18-16(14-4-3-7-25-14)22-15-5-1-2-6-23(15)18/h1-10,24H/b21-10+. The second-order valence-electron chi connectivity index (χ2n) is 5.27. The van der Waals surface area contributed by atoms with Gasteiger partial charge in [0.05, 0.1) is 10.7 Å². The highest BCUT2D eigenvalue weighted by molar-refractivity contribution is 9.11. The maximum Gasteiger partial charge on any atom is 0.168 e. The first kappa shape index (κ1) is 16.1. The number of phenols is 1. The zero-order chi connectivity index (χ0) is 17.4. The van der Waals surface area contributed by atoms with Gasteiger partial charge >= 0.3 is 0 Å². The lowest BCUT2D eigenvalue weighted by Gasteiger charge is -2.03. The van der Waals surface area contributed by atoms with Crippen molar-refractivity contribution < 1.29 is 9.52 Å². The molecule has 124 valence electrons. The van der Waals surface area contributed by atoms with Crippen LogP contribution in [0.2, 0.25) is 0 Å². The monoisotopic (exact) mass is 459 g/mol. The van der Waals surface area contributed by atoms with Crippen molar-refractivity contribution in [3.8, 4) is 17.2 Å². The Balaban J connectivity index is 1.88. The van der Waals surface area contributed by atoms with E-state index in [4.69, 9.17) is 4.42 Å². The molecular formula is C18H11Br2N3O2. The quantitative estimate of drug-likeness (QED) is 0.406. The second kappa shape index (κ2) is 6.50. The largest absolute Gasteiger partial charge is 0.506 e. The normalized spacial score (nSPS) is 11.6. The minimum Gasteiger partial charge on any atom is -0.506 e. The molecule has 25 heavy (non-hydrogen) atoms. The number of pyridine rings is 1. The summed E-state index contributed by atoms with van der Waals surface area (Å²) in [6.45, 7) is 0. The van der Waals surface area contributed by atoms with Crippen LogP contribution < -0.4 is 0 Å². The molecule has 1 N–H and O–H groups in total. The predicted octanol–water partition coefficient (Wildman–Crippen LogP) is 5.58. The SMILES string of the molecule is Oc1c(Br)cc(Br)cc1/C=N/c1c(-c2ccco2)nc2ccccn12. The number of phenolic OH excluding ortho intramolecular Hbond substituents is 1. The van der Waals surface area contributed by atoms with E-state index < -0.39 is 0 Å². The summed E-state index contributed by atoms with van der Waals surface area (Å²) in [4.78, 5) is 9.18. The average molecular weight is 461 g/mol. The molecule has 7 heteroatoms. The number of aromatic nitrogens is 2. The highest BCUT2D eigenvalue weighted by Crippen LogP contribution is 2.33. The number of nitrogens with zero attached hydrogens (tertiary/aromatic N) is 3. The van der Waals surface area contributed by atoms with E-state index in [1.807, 2.05) is 40.9 Å². The Hall–Kier alpha value is -2.38. The second-order valence-corrected chi connectivity index (χ2v) is 7.04. The molecule has 4 rings (SSSR count). The van der Waals surface area contributed by atoms with E-state index in [1.165, 1.54) is 0 Å². The summed E-state index contributed by atoms with van der Waals surface area (Å²) < 4.78 is 8.79. The summed E-state index contributed by atoms with van der Waals surface area (Å²) in [6.07, 6.45) is 5.09. The van der Waals surface area contributed by atoms with Gasteiger partial charge < -0.3 is 9.52 Å². The Labute approximate surface area is 159 Å². The molecule has 0 fully saturated rings. The summed E-state index contributed by atoms with van der Waals surface area (Å²) in [5.74, 6) is 1.39. The first-order valence-corrected chi connectivity index (χ1v) is 8.95. The number of benzene rings is 1. The Kier molecular flexibility index (Phi) is 4.19. The van der Waals surface area contributed by atoms with Crippen LogP contribution in [-0.4, -0.2) is 20.7 Å². The van der Waals surface area contributed by atoms with Gasteiger partial charge in [-0.1, -0.05) is 22.0 Å². The molecule has 0 saturated carbocycles. The zero-order valence-electron chi connectivity index (χ0n) is 12.7. The molecule has 0 amide bonds. The van der Waals surface area contributed by atoms with Crippen LogP contribution in [0, 0.1) is 0 Å². The topological polar surface area (TPSA) is 63.0 Å². The molecule has 0 aliphatic rings. The third-order valence-corrected chi connectivity index (χ3v) is 4.71. The zero-order valence-corrected chi connectivity index (χ0v) is 15.9. The molecule has 3 aromatic heterocycles. The molecule has 0 unspecified atom stereocenters. The Morgan fingerprint density at radius 1 is 1.16 bits per heavy atom. The van der Waals surface area contributed by atoms with Gasteiger partial charge in [-0.25, -0.2) is 9.98 Å². The van der Waals surface area contributed by atoms with Gasteiger partial charge in [-0.05, 0) is 52.3 Å². The molecular weight excluding hydrogens is 450 g/mol. The van der Waals surface area contributed by atoms with E-state index in [0.717, 1.165) is 10.1 Å². The van der Waals surface area contributed by atoms with Crippen molar-refractivity contribution >= 4 is 49.5 Å². The summed E-state index contributed by atoms with van der Waals surface area (Å²) in [7, 11) is 0. The van der Waals surface area contributed by atoms with Crippen LogP contribution in [0.5, 0.6) is 5.75 Å². The number of aliphatic imine (C=N–C) groups is 1. The lowest BCUT2D eigenvalue weighted by molar-refractivity contribution is 0.471. The summed E-state index contributed by atoms with van der Waals surface area (Å²) in [5, 5.41) is 10.2. The molecule has 0 saturated heterocycles. The smallest absolute Gasteiger partial charge is 0.168 e. The molecule has 3 heterocycles. The van der Waals surface area contributed by atoms with Gasteiger partial charge in [-0.2, -0.15) is 0 Å².